The van der Waals surface area contributed by atoms with Crippen LogP contribution >= 0.6 is 0 Å². The van der Waals surface area contributed by atoms with Crippen molar-refractivity contribution in [2.75, 3.05) is 0 Å². The molecule has 1 amide bonds. The van der Waals surface area contributed by atoms with Crippen molar-refractivity contribution in [3.05, 3.63) is 66.1 Å². The molecular weight excluding hydrogens is 316 g/mol. The average Bonchev–Trinajstić information content (AvgIpc) is 3.03. The van der Waals surface area contributed by atoms with E-state index in [9.17, 15) is 4.79 Å². The summed E-state index contributed by atoms with van der Waals surface area (Å²) >= 11 is 0. The fourth-order valence-electron chi connectivity index (χ4n) is 2.65. The maximum Gasteiger partial charge on any atom is 0.220 e. The quantitative estimate of drug-likeness (QED) is 0.745. The molecule has 3 aromatic rings. The van der Waals surface area contributed by atoms with E-state index in [-0.39, 0.29) is 11.9 Å². The lowest BCUT2D eigenvalue weighted by molar-refractivity contribution is -0.121. The van der Waals surface area contributed by atoms with Crippen LogP contribution in [0.3, 0.4) is 0 Å². The molecule has 3 heterocycles. The van der Waals surface area contributed by atoms with Gasteiger partial charge in [0.25, 0.3) is 0 Å². The highest BCUT2D eigenvalue weighted by atomic mass is 16.1. The minimum atomic E-state index is -0.133. The van der Waals surface area contributed by atoms with Gasteiger partial charge in [0.05, 0.1) is 17.9 Å². The van der Waals surface area contributed by atoms with Crippen molar-refractivity contribution in [3.63, 3.8) is 0 Å². The minimum Gasteiger partial charge on any atom is -0.349 e. The zero-order valence-corrected chi connectivity index (χ0v) is 14.3. The molecule has 1 unspecified atom stereocenters. The van der Waals surface area contributed by atoms with Crippen LogP contribution in [-0.2, 0) is 11.2 Å². The second kappa shape index (κ2) is 7.65. The van der Waals surface area contributed by atoms with Crippen LogP contribution in [0.25, 0.3) is 5.82 Å². The van der Waals surface area contributed by atoms with Gasteiger partial charge in [-0.25, -0.2) is 9.67 Å². The van der Waals surface area contributed by atoms with E-state index < -0.39 is 0 Å². The summed E-state index contributed by atoms with van der Waals surface area (Å²) in [6.07, 6.45) is 9.37. The fourth-order valence-corrected chi connectivity index (χ4v) is 2.65. The van der Waals surface area contributed by atoms with Gasteiger partial charge in [-0.05, 0) is 32.4 Å². The van der Waals surface area contributed by atoms with Crippen LogP contribution in [0.4, 0.5) is 0 Å². The van der Waals surface area contributed by atoms with Crippen LogP contribution in [0.2, 0.25) is 0 Å². The molecule has 0 aromatic carbocycles. The number of hydrogen-bond donors (Lipinski definition) is 1. The molecule has 3 aromatic heterocycles. The molecule has 0 saturated carbocycles. The van der Waals surface area contributed by atoms with Crippen molar-refractivity contribution in [1.82, 2.24) is 30.0 Å². The maximum atomic E-state index is 12.2. The molecule has 0 spiro atoms. The van der Waals surface area contributed by atoms with Crippen molar-refractivity contribution in [2.24, 2.45) is 0 Å². The number of carbonyl (C=O) groups excluding carboxylic acids is 1. The van der Waals surface area contributed by atoms with Crippen LogP contribution in [-0.4, -0.2) is 30.6 Å². The zero-order chi connectivity index (χ0) is 17.6. The van der Waals surface area contributed by atoms with Crippen LogP contribution in [0, 0.1) is 6.92 Å². The van der Waals surface area contributed by atoms with Gasteiger partial charge in [-0.15, -0.1) is 0 Å². The molecule has 0 aliphatic heterocycles. The van der Waals surface area contributed by atoms with Crippen molar-refractivity contribution in [3.8, 4) is 5.82 Å². The smallest absolute Gasteiger partial charge is 0.220 e. The SMILES string of the molecule is Cc1c(C(C)NC(=O)CCc2cnccn2)cnn1-c1ccccn1. The molecule has 0 saturated heterocycles. The topological polar surface area (TPSA) is 85.6 Å². The summed E-state index contributed by atoms with van der Waals surface area (Å²) in [6.45, 7) is 3.92. The Morgan fingerprint density at radius 3 is 2.80 bits per heavy atom. The highest BCUT2D eigenvalue weighted by Gasteiger charge is 2.16. The number of aromatic nitrogens is 5. The molecule has 128 valence electrons. The Balaban J connectivity index is 1.62. The lowest BCUT2D eigenvalue weighted by atomic mass is 10.1. The van der Waals surface area contributed by atoms with Crippen LogP contribution in [0.1, 0.15) is 36.3 Å². The number of aryl methyl sites for hydroxylation is 1. The van der Waals surface area contributed by atoms with E-state index >= 15 is 0 Å². The van der Waals surface area contributed by atoms with Crippen LogP contribution in [0.15, 0.2) is 49.2 Å². The third kappa shape index (κ3) is 4.06. The highest BCUT2D eigenvalue weighted by Crippen LogP contribution is 2.19. The number of rotatable bonds is 6. The third-order valence-corrected chi connectivity index (χ3v) is 3.98. The Bertz CT molecular complexity index is 831. The summed E-state index contributed by atoms with van der Waals surface area (Å²) in [6, 6.07) is 5.55. The molecule has 0 bridgehead atoms. The van der Waals surface area contributed by atoms with Crippen molar-refractivity contribution in [1.29, 1.82) is 0 Å². The summed E-state index contributed by atoms with van der Waals surface area (Å²) in [7, 11) is 0. The van der Waals surface area contributed by atoms with Crippen molar-refractivity contribution < 1.29 is 4.79 Å². The van der Waals surface area contributed by atoms with E-state index in [1.807, 2.05) is 32.0 Å². The number of amides is 1. The molecule has 0 aliphatic rings. The predicted octanol–water partition coefficient (Wildman–Crippen LogP) is 2.18. The molecule has 3 rings (SSSR count). The number of nitrogens with one attached hydrogen (secondary N) is 1. The lowest BCUT2D eigenvalue weighted by Crippen LogP contribution is -2.27. The lowest BCUT2D eigenvalue weighted by Gasteiger charge is -2.14. The molecular formula is C18H20N6O. The Kier molecular flexibility index (Phi) is 5.13. The molecule has 1 atom stereocenters. The molecule has 0 aliphatic carbocycles. The van der Waals surface area contributed by atoms with Crippen molar-refractivity contribution >= 4 is 5.91 Å². The van der Waals surface area contributed by atoms with Crippen molar-refractivity contribution in [2.45, 2.75) is 32.7 Å². The number of nitrogens with zero attached hydrogens (tertiary/aromatic N) is 5. The van der Waals surface area contributed by atoms with E-state index in [0.717, 1.165) is 22.8 Å². The van der Waals surface area contributed by atoms with Crippen LogP contribution in [0.5, 0.6) is 0 Å². The van der Waals surface area contributed by atoms with Gasteiger partial charge >= 0.3 is 0 Å². The first-order valence-electron chi connectivity index (χ1n) is 8.15. The fraction of sp³-hybridized carbons (Fsp3) is 0.278. The minimum absolute atomic E-state index is 0.0249. The number of carbonyl (C=O) groups is 1. The Morgan fingerprint density at radius 1 is 1.20 bits per heavy atom. The zero-order valence-electron chi connectivity index (χ0n) is 14.3. The standard InChI is InChI=1S/C18H20N6O/c1-13(23-18(25)7-6-15-11-19-9-10-20-15)16-12-22-24(14(16)2)17-5-3-4-8-21-17/h3-5,8-13H,6-7H2,1-2H3,(H,23,25). The average molecular weight is 336 g/mol. The largest absolute Gasteiger partial charge is 0.349 e. The van der Waals surface area contributed by atoms with Gasteiger partial charge < -0.3 is 5.32 Å². The molecule has 0 radical (unpaired) electrons. The summed E-state index contributed by atoms with van der Waals surface area (Å²) in [5, 5.41) is 7.40. The first-order chi connectivity index (χ1) is 12.1. The maximum absolute atomic E-state index is 12.2. The summed E-state index contributed by atoms with van der Waals surface area (Å²) in [5.74, 6) is 0.732. The predicted molar refractivity (Wildman–Crippen MR) is 93.0 cm³/mol. The Hall–Kier alpha value is -3.09. The van der Waals surface area contributed by atoms with Gasteiger partial charge in [0.2, 0.25) is 5.91 Å². The molecule has 7 heteroatoms. The Labute approximate surface area is 146 Å². The number of pyridine rings is 1. The third-order valence-electron chi connectivity index (χ3n) is 3.98. The first-order valence-corrected chi connectivity index (χ1v) is 8.15. The van der Waals surface area contributed by atoms with E-state index in [4.69, 9.17) is 0 Å². The van der Waals surface area contributed by atoms with E-state index in [1.54, 1.807) is 35.7 Å². The summed E-state index contributed by atoms with van der Waals surface area (Å²) in [5.41, 5.74) is 2.74. The molecule has 0 fully saturated rings. The van der Waals surface area contributed by atoms with Gasteiger partial charge in [0.15, 0.2) is 5.82 Å². The van der Waals surface area contributed by atoms with E-state index in [2.05, 4.69) is 25.4 Å². The Morgan fingerprint density at radius 2 is 2.08 bits per heavy atom. The number of hydrogen-bond acceptors (Lipinski definition) is 5. The highest BCUT2D eigenvalue weighted by molar-refractivity contribution is 5.76. The van der Waals surface area contributed by atoms with Gasteiger partial charge in [-0.2, -0.15) is 5.10 Å². The van der Waals surface area contributed by atoms with Crippen LogP contribution < -0.4 is 5.32 Å². The second-order valence-electron chi connectivity index (χ2n) is 5.77. The molecule has 7 nitrogen and oxygen atoms in total. The normalized spacial score (nSPS) is 11.9. The van der Waals surface area contributed by atoms with E-state index in [1.165, 1.54) is 0 Å². The summed E-state index contributed by atoms with van der Waals surface area (Å²) in [4.78, 5) is 24.7. The monoisotopic (exact) mass is 336 g/mol. The van der Waals surface area contributed by atoms with Gasteiger partial charge in [0, 0.05) is 42.5 Å². The van der Waals surface area contributed by atoms with Gasteiger partial charge in [0.1, 0.15) is 0 Å². The second-order valence-corrected chi connectivity index (χ2v) is 5.77. The van der Waals surface area contributed by atoms with Gasteiger partial charge in [-0.3, -0.25) is 14.8 Å². The molecule has 25 heavy (non-hydrogen) atoms. The van der Waals surface area contributed by atoms with Gasteiger partial charge in [-0.1, -0.05) is 6.07 Å². The summed E-state index contributed by atoms with van der Waals surface area (Å²) < 4.78 is 1.78. The first kappa shape index (κ1) is 16.8. The van der Waals surface area contributed by atoms with E-state index in [0.29, 0.717) is 12.8 Å². The molecule has 1 N–H and O–H groups in total.